The van der Waals surface area contributed by atoms with Crippen LogP contribution in [0.1, 0.15) is 17.3 Å². The highest BCUT2D eigenvalue weighted by Crippen LogP contribution is 2.28. The molecule has 0 aliphatic heterocycles. The van der Waals surface area contributed by atoms with Crippen LogP contribution in [0.2, 0.25) is 5.02 Å². The van der Waals surface area contributed by atoms with Crippen LogP contribution in [0.15, 0.2) is 52.7 Å². The SMILES string of the molecule is CC(=O)c1cc(N=Nc2ccccc2Cl)ccc1O. The van der Waals surface area contributed by atoms with Gasteiger partial charge in [-0.05, 0) is 37.3 Å². The molecule has 0 bridgehead atoms. The Balaban J connectivity index is 2.32. The number of carbonyl (C=O) groups is 1. The predicted octanol–water partition coefficient (Wildman–Crippen LogP) is 4.66. The minimum absolute atomic E-state index is 0.0656. The lowest BCUT2D eigenvalue weighted by Crippen LogP contribution is -1.91. The number of rotatable bonds is 3. The second-order valence-corrected chi connectivity index (χ2v) is 4.32. The Kier molecular flexibility index (Phi) is 3.92. The van der Waals surface area contributed by atoms with Crippen molar-refractivity contribution >= 4 is 28.8 Å². The lowest BCUT2D eigenvalue weighted by Gasteiger charge is -2.01. The van der Waals surface area contributed by atoms with Crippen molar-refractivity contribution in [3.05, 3.63) is 53.1 Å². The molecule has 96 valence electrons. The van der Waals surface area contributed by atoms with Crippen molar-refractivity contribution in [2.75, 3.05) is 0 Å². The highest BCUT2D eigenvalue weighted by Gasteiger charge is 2.07. The fraction of sp³-hybridized carbons (Fsp3) is 0.0714. The number of aromatic hydroxyl groups is 1. The molecule has 0 spiro atoms. The van der Waals surface area contributed by atoms with E-state index < -0.39 is 0 Å². The molecular weight excluding hydrogens is 264 g/mol. The number of azo groups is 1. The third kappa shape index (κ3) is 3.17. The van der Waals surface area contributed by atoms with Crippen molar-refractivity contribution in [3.63, 3.8) is 0 Å². The third-order valence-electron chi connectivity index (χ3n) is 2.49. The molecule has 2 aromatic rings. The lowest BCUT2D eigenvalue weighted by molar-refractivity contribution is 0.101. The maximum atomic E-state index is 11.3. The number of Topliss-reactive ketones (excluding diaryl/α,β-unsaturated/α-hetero) is 1. The van der Waals surface area contributed by atoms with E-state index in [0.717, 1.165) is 0 Å². The van der Waals surface area contributed by atoms with Crippen molar-refractivity contribution in [3.8, 4) is 5.75 Å². The van der Waals surface area contributed by atoms with Gasteiger partial charge in [0.25, 0.3) is 0 Å². The molecule has 2 aromatic carbocycles. The molecule has 1 N–H and O–H groups in total. The molecular formula is C14H11ClN2O2. The molecule has 0 radical (unpaired) electrons. The summed E-state index contributed by atoms with van der Waals surface area (Å²) >= 11 is 5.95. The summed E-state index contributed by atoms with van der Waals surface area (Å²) in [5.74, 6) is -0.295. The van der Waals surface area contributed by atoms with Gasteiger partial charge in [0.05, 0.1) is 16.3 Å². The second-order valence-electron chi connectivity index (χ2n) is 3.91. The molecule has 0 aliphatic carbocycles. The van der Waals surface area contributed by atoms with E-state index in [2.05, 4.69) is 10.2 Å². The van der Waals surface area contributed by atoms with Crippen molar-refractivity contribution in [2.24, 2.45) is 10.2 Å². The minimum Gasteiger partial charge on any atom is -0.507 e. The van der Waals surface area contributed by atoms with Crippen LogP contribution in [0.4, 0.5) is 11.4 Å². The molecule has 0 saturated carbocycles. The number of hydrogen-bond donors (Lipinski definition) is 1. The number of halogens is 1. The van der Waals surface area contributed by atoms with E-state index in [1.54, 1.807) is 30.3 Å². The van der Waals surface area contributed by atoms with E-state index in [-0.39, 0.29) is 17.1 Å². The summed E-state index contributed by atoms with van der Waals surface area (Å²) in [5.41, 5.74) is 1.24. The quantitative estimate of drug-likeness (QED) is 0.653. The largest absolute Gasteiger partial charge is 0.507 e. The normalized spacial score (nSPS) is 10.8. The second kappa shape index (κ2) is 5.63. The Hall–Kier alpha value is -2.20. The highest BCUT2D eigenvalue weighted by atomic mass is 35.5. The first-order valence-corrected chi connectivity index (χ1v) is 5.96. The van der Waals surface area contributed by atoms with Crippen LogP contribution in [0, 0.1) is 0 Å². The molecule has 0 heterocycles. The summed E-state index contributed by atoms with van der Waals surface area (Å²) in [6.45, 7) is 1.38. The molecule has 0 aliphatic rings. The van der Waals surface area contributed by atoms with E-state index in [9.17, 15) is 9.90 Å². The number of carbonyl (C=O) groups excluding carboxylic acids is 1. The van der Waals surface area contributed by atoms with E-state index in [1.165, 1.54) is 19.1 Å². The summed E-state index contributed by atoms with van der Waals surface area (Å²) in [6, 6.07) is 11.5. The fourth-order valence-corrected chi connectivity index (χ4v) is 1.69. The third-order valence-corrected chi connectivity index (χ3v) is 2.80. The van der Waals surface area contributed by atoms with Gasteiger partial charge in [-0.15, -0.1) is 5.11 Å². The Morgan fingerprint density at radius 2 is 1.89 bits per heavy atom. The van der Waals surface area contributed by atoms with Crippen molar-refractivity contribution in [2.45, 2.75) is 6.92 Å². The van der Waals surface area contributed by atoms with E-state index in [4.69, 9.17) is 11.6 Å². The highest BCUT2D eigenvalue weighted by molar-refractivity contribution is 6.32. The first-order valence-electron chi connectivity index (χ1n) is 5.58. The predicted molar refractivity (Wildman–Crippen MR) is 73.7 cm³/mol. The summed E-state index contributed by atoms with van der Waals surface area (Å²) in [4.78, 5) is 11.3. The molecule has 2 rings (SSSR count). The first-order chi connectivity index (χ1) is 9.08. The van der Waals surface area contributed by atoms with Gasteiger partial charge in [-0.1, -0.05) is 23.7 Å². The van der Waals surface area contributed by atoms with Crippen LogP contribution in [-0.2, 0) is 0 Å². The topological polar surface area (TPSA) is 62.0 Å². The van der Waals surface area contributed by atoms with Crippen LogP contribution in [-0.4, -0.2) is 10.9 Å². The molecule has 0 amide bonds. The summed E-state index contributed by atoms with van der Waals surface area (Å²) in [6.07, 6.45) is 0. The van der Waals surface area contributed by atoms with Crippen molar-refractivity contribution in [1.82, 2.24) is 0 Å². The van der Waals surface area contributed by atoms with Crippen LogP contribution < -0.4 is 0 Å². The number of benzene rings is 2. The number of hydrogen-bond acceptors (Lipinski definition) is 4. The number of ketones is 1. The number of nitrogens with zero attached hydrogens (tertiary/aromatic N) is 2. The van der Waals surface area contributed by atoms with Gasteiger partial charge in [-0.25, -0.2) is 0 Å². The molecule has 0 fully saturated rings. The Bertz CT molecular complexity index is 654. The minimum atomic E-state index is -0.229. The fourth-order valence-electron chi connectivity index (χ4n) is 1.51. The molecule has 0 atom stereocenters. The maximum Gasteiger partial charge on any atom is 0.163 e. The van der Waals surface area contributed by atoms with Gasteiger partial charge in [-0.2, -0.15) is 5.11 Å². The van der Waals surface area contributed by atoms with Gasteiger partial charge in [0.15, 0.2) is 5.78 Å². The molecule has 5 heteroatoms. The molecule has 0 saturated heterocycles. The van der Waals surface area contributed by atoms with Gasteiger partial charge in [0.1, 0.15) is 11.4 Å². The van der Waals surface area contributed by atoms with Crippen LogP contribution in [0.5, 0.6) is 5.75 Å². The summed E-state index contributed by atoms with van der Waals surface area (Å²) in [7, 11) is 0. The maximum absolute atomic E-state index is 11.3. The standard InChI is InChI=1S/C14H11ClN2O2/c1-9(18)11-8-10(6-7-14(11)19)16-17-13-5-3-2-4-12(13)15/h2-8,19H,1H3. The average molecular weight is 275 g/mol. The van der Waals surface area contributed by atoms with E-state index in [1.807, 2.05) is 0 Å². The molecule has 4 nitrogen and oxygen atoms in total. The van der Waals surface area contributed by atoms with Gasteiger partial charge >= 0.3 is 0 Å². The molecule has 0 unspecified atom stereocenters. The van der Waals surface area contributed by atoms with Crippen molar-refractivity contribution < 1.29 is 9.90 Å². The Morgan fingerprint density at radius 1 is 1.16 bits per heavy atom. The van der Waals surface area contributed by atoms with Crippen molar-refractivity contribution in [1.29, 1.82) is 0 Å². The van der Waals surface area contributed by atoms with Gasteiger partial charge in [0.2, 0.25) is 0 Å². The zero-order valence-corrected chi connectivity index (χ0v) is 10.9. The van der Waals surface area contributed by atoms with Crippen LogP contribution in [0.25, 0.3) is 0 Å². The Morgan fingerprint density at radius 3 is 2.58 bits per heavy atom. The monoisotopic (exact) mass is 274 g/mol. The van der Waals surface area contributed by atoms with Gasteiger partial charge in [0, 0.05) is 0 Å². The Labute approximate surface area is 115 Å². The zero-order chi connectivity index (χ0) is 13.8. The first kappa shape index (κ1) is 13.2. The number of phenolic OH excluding ortho intramolecular Hbond substituents is 1. The zero-order valence-electron chi connectivity index (χ0n) is 10.2. The molecule has 19 heavy (non-hydrogen) atoms. The average Bonchev–Trinajstić information content (AvgIpc) is 2.39. The smallest absolute Gasteiger partial charge is 0.163 e. The van der Waals surface area contributed by atoms with Crippen LogP contribution in [0.3, 0.4) is 0 Å². The summed E-state index contributed by atoms with van der Waals surface area (Å²) < 4.78 is 0. The van der Waals surface area contributed by atoms with E-state index >= 15 is 0 Å². The van der Waals surface area contributed by atoms with Gasteiger partial charge in [-0.3, -0.25) is 4.79 Å². The summed E-state index contributed by atoms with van der Waals surface area (Å²) in [5, 5.41) is 18.0. The lowest BCUT2D eigenvalue weighted by atomic mass is 10.1. The van der Waals surface area contributed by atoms with E-state index in [0.29, 0.717) is 16.4 Å². The molecule has 0 aromatic heterocycles. The van der Waals surface area contributed by atoms with Gasteiger partial charge < -0.3 is 5.11 Å². The van der Waals surface area contributed by atoms with Crippen LogP contribution >= 0.6 is 11.6 Å². The number of phenols is 1.